The quantitative estimate of drug-likeness (QED) is 0.473. The van der Waals surface area contributed by atoms with Gasteiger partial charge in [-0.25, -0.2) is 9.97 Å². The monoisotopic (exact) mass is 451 g/mol. The van der Waals surface area contributed by atoms with Crippen LogP contribution in [0.5, 0.6) is 0 Å². The van der Waals surface area contributed by atoms with Crippen molar-refractivity contribution in [1.29, 1.82) is 0 Å². The maximum Gasteiger partial charge on any atom is 0.256 e. The fourth-order valence-corrected chi connectivity index (χ4v) is 5.13. The van der Waals surface area contributed by atoms with E-state index in [0.717, 1.165) is 42.3 Å². The molecule has 2 aliphatic rings. The highest BCUT2D eigenvalue weighted by atomic mass is 16.2. The van der Waals surface area contributed by atoms with Crippen LogP contribution in [0.3, 0.4) is 0 Å². The van der Waals surface area contributed by atoms with Crippen molar-refractivity contribution in [1.82, 2.24) is 29.9 Å². The van der Waals surface area contributed by atoms with Gasteiger partial charge >= 0.3 is 0 Å². The molecule has 1 amide bonds. The first-order chi connectivity index (χ1) is 16.7. The number of carbonyl (C=O) groups is 1. The standard InChI is InChI=1S/C26H25N7O/c1-18-7-8-24(33-28-11-12-29-33)22(13-18)25(34)31-15-19-14-21(17-31)32(16-19)26-27-10-9-23(30-26)20-5-3-2-4-6-20/h2-13,19,21H,14-17H2,1H3. The van der Waals surface area contributed by atoms with Gasteiger partial charge in [-0.2, -0.15) is 15.0 Å². The summed E-state index contributed by atoms with van der Waals surface area (Å²) in [5.74, 6) is 1.15. The number of rotatable bonds is 4. The van der Waals surface area contributed by atoms with E-state index in [9.17, 15) is 4.79 Å². The molecule has 2 bridgehead atoms. The Morgan fingerprint density at radius 2 is 1.76 bits per heavy atom. The summed E-state index contributed by atoms with van der Waals surface area (Å²) in [6.45, 7) is 4.22. The van der Waals surface area contributed by atoms with Crippen molar-refractivity contribution in [3.05, 3.63) is 84.3 Å². The van der Waals surface area contributed by atoms with Crippen molar-refractivity contribution >= 4 is 11.9 Å². The molecule has 2 aromatic heterocycles. The third kappa shape index (κ3) is 3.71. The van der Waals surface area contributed by atoms with E-state index in [4.69, 9.17) is 4.98 Å². The Morgan fingerprint density at radius 3 is 2.59 bits per heavy atom. The third-order valence-electron chi connectivity index (χ3n) is 6.68. The topological polar surface area (TPSA) is 80.0 Å². The number of piperidine rings is 1. The molecule has 4 aromatic rings. The molecule has 0 N–H and O–H groups in total. The average Bonchev–Trinajstić information content (AvgIpc) is 3.52. The Labute approximate surface area is 197 Å². The van der Waals surface area contributed by atoms with Gasteiger partial charge in [0.2, 0.25) is 5.95 Å². The van der Waals surface area contributed by atoms with E-state index in [2.05, 4.69) is 32.2 Å². The van der Waals surface area contributed by atoms with E-state index in [0.29, 0.717) is 23.7 Å². The second kappa shape index (κ2) is 8.37. The molecule has 0 saturated carbocycles. The van der Waals surface area contributed by atoms with Crippen LogP contribution in [0.25, 0.3) is 16.9 Å². The average molecular weight is 452 g/mol. The zero-order chi connectivity index (χ0) is 23.1. The molecule has 2 aliphatic heterocycles. The Kier molecular flexibility index (Phi) is 5.05. The highest BCUT2D eigenvalue weighted by Gasteiger charge is 2.41. The minimum atomic E-state index is 0.0199. The summed E-state index contributed by atoms with van der Waals surface area (Å²) < 4.78 is 0. The van der Waals surface area contributed by atoms with Crippen LogP contribution in [0.4, 0.5) is 5.95 Å². The SMILES string of the molecule is Cc1ccc(-n2nccn2)c(C(=O)N2CC3CC(C2)N(c2nccc(-c4ccccc4)n2)C3)c1. The van der Waals surface area contributed by atoms with E-state index in [1.54, 1.807) is 12.4 Å². The van der Waals surface area contributed by atoms with E-state index in [1.807, 2.05) is 60.5 Å². The molecule has 2 unspecified atom stereocenters. The first-order valence-electron chi connectivity index (χ1n) is 11.6. The number of anilines is 1. The molecule has 4 heterocycles. The van der Waals surface area contributed by atoms with Crippen LogP contribution in [-0.2, 0) is 0 Å². The molecule has 34 heavy (non-hydrogen) atoms. The predicted octanol–water partition coefficient (Wildman–Crippen LogP) is 3.38. The number of amides is 1. The van der Waals surface area contributed by atoms with Gasteiger partial charge in [-0.1, -0.05) is 42.0 Å². The van der Waals surface area contributed by atoms with E-state index >= 15 is 0 Å². The number of aryl methyl sites for hydroxylation is 1. The number of hydrogen-bond acceptors (Lipinski definition) is 6. The molecular formula is C26H25N7O. The van der Waals surface area contributed by atoms with Crippen LogP contribution < -0.4 is 4.90 Å². The van der Waals surface area contributed by atoms with Crippen LogP contribution >= 0.6 is 0 Å². The van der Waals surface area contributed by atoms with Gasteiger partial charge in [-0.15, -0.1) is 0 Å². The first-order valence-corrected chi connectivity index (χ1v) is 11.6. The van der Waals surface area contributed by atoms with Gasteiger partial charge in [0, 0.05) is 37.4 Å². The Hall–Kier alpha value is -4.07. The van der Waals surface area contributed by atoms with Crippen LogP contribution in [-0.4, -0.2) is 61.4 Å². The lowest BCUT2D eigenvalue weighted by molar-refractivity contribution is 0.0693. The lowest BCUT2D eigenvalue weighted by Gasteiger charge is -2.33. The lowest BCUT2D eigenvalue weighted by Crippen LogP contribution is -2.45. The van der Waals surface area contributed by atoms with Crippen LogP contribution in [0.1, 0.15) is 22.3 Å². The summed E-state index contributed by atoms with van der Waals surface area (Å²) in [7, 11) is 0. The molecule has 0 aliphatic carbocycles. The number of nitrogens with zero attached hydrogens (tertiary/aromatic N) is 7. The Morgan fingerprint density at radius 1 is 0.941 bits per heavy atom. The van der Waals surface area contributed by atoms with Crippen molar-refractivity contribution in [3.8, 4) is 16.9 Å². The van der Waals surface area contributed by atoms with Gasteiger partial charge in [0.25, 0.3) is 5.91 Å². The first kappa shape index (κ1) is 20.5. The fourth-order valence-electron chi connectivity index (χ4n) is 5.13. The fraction of sp³-hybridized carbons (Fsp3) is 0.269. The lowest BCUT2D eigenvalue weighted by atomic mass is 9.98. The zero-order valence-corrected chi connectivity index (χ0v) is 19.0. The van der Waals surface area contributed by atoms with Crippen molar-refractivity contribution < 1.29 is 4.79 Å². The van der Waals surface area contributed by atoms with Crippen molar-refractivity contribution in [2.45, 2.75) is 19.4 Å². The summed E-state index contributed by atoms with van der Waals surface area (Å²) in [4.78, 5) is 28.9. The van der Waals surface area contributed by atoms with Crippen molar-refractivity contribution in [3.63, 3.8) is 0 Å². The summed E-state index contributed by atoms with van der Waals surface area (Å²) in [5.41, 5.74) is 4.35. The minimum Gasteiger partial charge on any atom is -0.336 e. The van der Waals surface area contributed by atoms with Gasteiger partial charge in [0.05, 0.1) is 29.3 Å². The molecule has 8 heteroatoms. The second-order valence-corrected chi connectivity index (χ2v) is 9.07. The van der Waals surface area contributed by atoms with Crippen molar-refractivity contribution in [2.75, 3.05) is 24.5 Å². The highest BCUT2D eigenvalue weighted by Crippen LogP contribution is 2.34. The Bertz CT molecular complexity index is 1320. The Balaban J connectivity index is 1.26. The van der Waals surface area contributed by atoms with Gasteiger partial charge < -0.3 is 9.80 Å². The van der Waals surface area contributed by atoms with Crippen molar-refractivity contribution in [2.24, 2.45) is 5.92 Å². The van der Waals surface area contributed by atoms with E-state index in [1.165, 1.54) is 4.80 Å². The smallest absolute Gasteiger partial charge is 0.256 e. The second-order valence-electron chi connectivity index (χ2n) is 9.07. The molecule has 2 saturated heterocycles. The highest BCUT2D eigenvalue weighted by molar-refractivity contribution is 5.98. The maximum atomic E-state index is 13.7. The van der Waals surface area contributed by atoms with Crippen LogP contribution in [0.2, 0.25) is 0 Å². The molecule has 2 fully saturated rings. The molecule has 6 rings (SSSR count). The predicted molar refractivity (Wildman–Crippen MR) is 129 cm³/mol. The molecule has 2 aromatic carbocycles. The number of likely N-dealkylation sites (tertiary alicyclic amines) is 1. The van der Waals surface area contributed by atoms with Crippen LogP contribution in [0.15, 0.2) is 73.2 Å². The van der Waals surface area contributed by atoms with Gasteiger partial charge in [0.15, 0.2) is 0 Å². The minimum absolute atomic E-state index is 0.0199. The molecule has 0 radical (unpaired) electrons. The molecule has 8 nitrogen and oxygen atoms in total. The number of benzene rings is 2. The van der Waals surface area contributed by atoms with E-state index in [-0.39, 0.29) is 11.9 Å². The summed E-state index contributed by atoms with van der Waals surface area (Å²) >= 11 is 0. The zero-order valence-electron chi connectivity index (χ0n) is 19.0. The molecular weight excluding hydrogens is 426 g/mol. The maximum absolute atomic E-state index is 13.7. The molecule has 0 spiro atoms. The normalized spacial score (nSPS) is 19.4. The molecule has 2 atom stereocenters. The summed E-state index contributed by atoms with van der Waals surface area (Å²) in [6, 6.07) is 18.1. The van der Waals surface area contributed by atoms with Gasteiger partial charge in [0.1, 0.15) is 0 Å². The van der Waals surface area contributed by atoms with E-state index < -0.39 is 0 Å². The summed E-state index contributed by atoms with van der Waals surface area (Å²) in [6.07, 6.45) is 6.11. The number of hydrogen-bond donors (Lipinski definition) is 0. The largest absolute Gasteiger partial charge is 0.336 e. The molecule has 170 valence electrons. The number of fused-ring (bicyclic) bond motifs is 2. The third-order valence-corrected chi connectivity index (χ3v) is 6.68. The van der Waals surface area contributed by atoms with Gasteiger partial charge in [-0.3, -0.25) is 4.79 Å². The number of aromatic nitrogens is 5. The van der Waals surface area contributed by atoms with Gasteiger partial charge in [-0.05, 0) is 37.5 Å². The van der Waals surface area contributed by atoms with Crippen LogP contribution in [0, 0.1) is 12.8 Å². The number of carbonyl (C=O) groups excluding carboxylic acids is 1. The summed E-state index contributed by atoms with van der Waals surface area (Å²) in [5, 5.41) is 8.48.